The van der Waals surface area contributed by atoms with Crippen LogP contribution in [0.25, 0.3) is 6.08 Å². The average molecular weight is 437 g/mol. The fourth-order valence-corrected chi connectivity index (χ4v) is 3.22. The molecule has 1 aliphatic rings. The Morgan fingerprint density at radius 2 is 1.74 bits per heavy atom. The van der Waals surface area contributed by atoms with Crippen molar-refractivity contribution in [3.63, 3.8) is 0 Å². The molecule has 0 spiro atoms. The second-order valence-corrected chi connectivity index (χ2v) is 6.96. The number of aliphatic hydroxyl groups is 1. The summed E-state index contributed by atoms with van der Waals surface area (Å²) in [5.74, 6) is -0.239. The molecule has 8 nitrogen and oxygen atoms in total. The maximum absolute atomic E-state index is 12.7. The quantitative estimate of drug-likeness (QED) is 0.468. The van der Waals surface area contributed by atoms with Gasteiger partial charge in [-0.25, -0.2) is 15.4 Å². The van der Waals surface area contributed by atoms with Gasteiger partial charge in [0.25, 0.3) is 5.91 Å². The number of hydrogen-bond donors (Lipinski definition) is 3. The number of aliphatic hydroxyl groups excluding tert-OH is 1. The molecule has 166 valence electrons. The smallest absolute Gasteiger partial charge is 0.394 e. The monoisotopic (exact) mass is 437 g/mol. The number of benzene rings is 1. The van der Waals surface area contributed by atoms with E-state index in [9.17, 15) is 23.1 Å². The predicted molar refractivity (Wildman–Crippen MR) is 106 cm³/mol. The number of nitrogens with zero attached hydrogens (tertiary/aromatic N) is 4. The minimum atomic E-state index is -4.37. The zero-order chi connectivity index (χ0) is 22.4. The normalized spacial score (nSPS) is 16.5. The van der Waals surface area contributed by atoms with Crippen molar-refractivity contribution in [2.24, 2.45) is 0 Å². The van der Waals surface area contributed by atoms with Crippen molar-refractivity contribution in [3.8, 4) is 0 Å². The van der Waals surface area contributed by atoms with Crippen LogP contribution in [0.15, 0.2) is 42.7 Å². The summed E-state index contributed by atoms with van der Waals surface area (Å²) in [6, 6.07) is 4.57. The molecule has 1 aromatic heterocycles. The first-order chi connectivity index (χ1) is 14.8. The number of nitrogens with one attached hydrogen (secondary N) is 1. The van der Waals surface area contributed by atoms with Crippen LogP contribution in [0.2, 0.25) is 0 Å². The maximum atomic E-state index is 12.7. The largest absolute Gasteiger partial charge is 0.416 e. The molecule has 1 unspecified atom stereocenters. The second kappa shape index (κ2) is 9.86. The van der Waals surface area contributed by atoms with Gasteiger partial charge in [0.15, 0.2) is 0 Å². The van der Waals surface area contributed by atoms with Crippen LogP contribution in [0.5, 0.6) is 0 Å². The molecule has 11 heteroatoms. The molecule has 3 rings (SSSR count). The molecule has 1 aromatic carbocycles. The molecular formula is C20H22F3N5O3. The fraction of sp³-hybridized carbons (Fsp3) is 0.350. The third-order valence-corrected chi connectivity index (χ3v) is 5.00. The van der Waals surface area contributed by atoms with Gasteiger partial charge in [0, 0.05) is 38.6 Å². The van der Waals surface area contributed by atoms with Gasteiger partial charge >= 0.3 is 6.18 Å². The highest BCUT2D eigenvalue weighted by Gasteiger charge is 2.30. The highest BCUT2D eigenvalue weighted by molar-refractivity contribution is 5.92. The van der Waals surface area contributed by atoms with E-state index >= 15 is 0 Å². The van der Waals surface area contributed by atoms with E-state index < -0.39 is 17.6 Å². The number of amides is 1. The summed E-state index contributed by atoms with van der Waals surface area (Å²) >= 11 is 0. The van der Waals surface area contributed by atoms with Gasteiger partial charge in [-0.15, -0.1) is 0 Å². The predicted octanol–water partition coefficient (Wildman–Crippen LogP) is 1.81. The molecule has 1 fully saturated rings. The average Bonchev–Trinajstić information content (AvgIpc) is 2.79. The highest BCUT2D eigenvalue weighted by Crippen LogP contribution is 2.29. The second-order valence-electron chi connectivity index (χ2n) is 6.96. The van der Waals surface area contributed by atoms with Crippen LogP contribution >= 0.6 is 0 Å². The molecule has 0 aliphatic carbocycles. The van der Waals surface area contributed by atoms with E-state index in [1.54, 1.807) is 12.2 Å². The summed E-state index contributed by atoms with van der Waals surface area (Å²) in [4.78, 5) is 23.6. The topological polar surface area (TPSA) is 102 Å². The summed E-state index contributed by atoms with van der Waals surface area (Å²) in [7, 11) is 0. The molecule has 1 saturated heterocycles. The van der Waals surface area contributed by atoms with E-state index in [1.807, 2.05) is 4.90 Å². The van der Waals surface area contributed by atoms with E-state index in [2.05, 4.69) is 14.9 Å². The first-order valence-electron chi connectivity index (χ1n) is 9.53. The lowest BCUT2D eigenvalue weighted by atomic mass is 10.1. The summed E-state index contributed by atoms with van der Waals surface area (Å²) in [6.07, 6.45) is 1.75. The van der Waals surface area contributed by atoms with Crippen LogP contribution in [-0.2, 0) is 6.18 Å². The Morgan fingerprint density at radius 3 is 2.26 bits per heavy atom. The molecule has 1 aliphatic heterocycles. The van der Waals surface area contributed by atoms with Gasteiger partial charge in [-0.1, -0.05) is 24.3 Å². The van der Waals surface area contributed by atoms with Crippen molar-refractivity contribution < 1.29 is 28.3 Å². The fourth-order valence-electron chi connectivity index (χ4n) is 3.22. The molecule has 2 heterocycles. The van der Waals surface area contributed by atoms with Crippen molar-refractivity contribution in [1.29, 1.82) is 0 Å². The SMILES string of the molecule is O=C(NO)c1cnc(N2CCN(C(/C=C/c3ccc(C(F)(F)F)cc3)CO)CC2)nc1. The van der Waals surface area contributed by atoms with Gasteiger partial charge in [-0.3, -0.25) is 14.9 Å². The van der Waals surface area contributed by atoms with Gasteiger partial charge in [0.05, 0.1) is 23.8 Å². The molecule has 2 aromatic rings. The standard InChI is InChI=1S/C20H22F3N5O3/c21-20(22,23)16-4-1-14(2-5-16)3-6-17(13-29)27-7-9-28(10-8-27)19-24-11-15(12-25-19)18(30)26-31/h1-6,11-12,17,29,31H,7-10,13H2,(H,26,30)/b6-3+. The number of carbonyl (C=O) groups excluding carboxylic acids is 1. The van der Waals surface area contributed by atoms with Crippen molar-refractivity contribution in [3.05, 3.63) is 59.4 Å². The van der Waals surface area contributed by atoms with E-state index in [0.717, 1.165) is 12.1 Å². The van der Waals surface area contributed by atoms with Crippen LogP contribution in [0.1, 0.15) is 21.5 Å². The molecule has 0 bridgehead atoms. The van der Waals surface area contributed by atoms with Crippen LogP contribution in [0.3, 0.4) is 0 Å². The number of halogens is 3. The van der Waals surface area contributed by atoms with Crippen molar-refractivity contribution >= 4 is 17.9 Å². The van der Waals surface area contributed by atoms with Gasteiger partial charge in [-0.2, -0.15) is 13.2 Å². The first-order valence-corrected chi connectivity index (χ1v) is 9.53. The Labute approximate surface area is 176 Å². The molecule has 0 radical (unpaired) electrons. The first kappa shape index (κ1) is 22.7. The highest BCUT2D eigenvalue weighted by atomic mass is 19.4. The van der Waals surface area contributed by atoms with Crippen LogP contribution < -0.4 is 10.4 Å². The zero-order valence-electron chi connectivity index (χ0n) is 16.5. The number of anilines is 1. The van der Waals surface area contributed by atoms with E-state index in [-0.39, 0.29) is 18.2 Å². The molecule has 1 amide bonds. The summed E-state index contributed by atoms with van der Waals surface area (Å²) in [5.41, 5.74) is 1.57. The summed E-state index contributed by atoms with van der Waals surface area (Å²) in [6.45, 7) is 2.29. The number of aromatic nitrogens is 2. The van der Waals surface area contributed by atoms with Gasteiger partial charge in [-0.05, 0) is 17.7 Å². The maximum Gasteiger partial charge on any atom is 0.416 e. The van der Waals surface area contributed by atoms with Crippen molar-refractivity contribution in [2.75, 3.05) is 37.7 Å². The number of hydrogen-bond acceptors (Lipinski definition) is 7. The third-order valence-electron chi connectivity index (χ3n) is 5.00. The molecule has 3 N–H and O–H groups in total. The van der Waals surface area contributed by atoms with Gasteiger partial charge < -0.3 is 10.0 Å². The van der Waals surface area contributed by atoms with Crippen molar-refractivity contribution in [1.82, 2.24) is 20.3 Å². The zero-order valence-corrected chi connectivity index (χ0v) is 16.5. The Kier molecular flexibility index (Phi) is 7.21. The number of rotatable bonds is 6. The number of alkyl halides is 3. The number of carbonyl (C=O) groups is 1. The molecule has 1 atom stereocenters. The van der Waals surface area contributed by atoms with Crippen LogP contribution in [0, 0.1) is 0 Å². The van der Waals surface area contributed by atoms with Gasteiger partial charge in [0.2, 0.25) is 5.95 Å². The summed E-state index contributed by atoms with van der Waals surface area (Å²) in [5, 5.41) is 18.4. The lowest BCUT2D eigenvalue weighted by Crippen LogP contribution is -2.51. The van der Waals surface area contributed by atoms with Crippen LogP contribution in [-0.4, -0.2) is 69.9 Å². The minimum Gasteiger partial charge on any atom is -0.394 e. The van der Waals surface area contributed by atoms with E-state index in [1.165, 1.54) is 30.0 Å². The molecule has 31 heavy (non-hydrogen) atoms. The number of hydroxylamine groups is 1. The Bertz CT molecular complexity index is 896. The minimum absolute atomic E-state index is 0.126. The van der Waals surface area contributed by atoms with Crippen molar-refractivity contribution in [2.45, 2.75) is 12.2 Å². The van der Waals surface area contributed by atoms with E-state index in [4.69, 9.17) is 5.21 Å². The molecule has 0 saturated carbocycles. The lowest BCUT2D eigenvalue weighted by molar-refractivity contribution is -0.137. The Hall–Kier alpha value is -3.02. The molecular weight excluding hydrogens is 415 g/mol. The number of piperazine rings is 1. The third kappa shape index (κ3) is 5.78. The van der Waals surface area contributed by atoms with Crippen LogP contribution in [0.4, 0.5) is 19.1 Å². The Morgan fingerprint density at radius 1 is 1.13 bits per heavy atom. The lowest BCUT2D eigenvalue weighted by Gasteiger charge is -2.37. The van der Waals surface area contributed by atoms with Gasteiger partial charge in [0.1, 0.15) is 0 Å². The van der Waals surface area contributed by atoms with E-state index in [0.29, 0.717) is 37.7 Å². The Balaban J connectivity index is 1.57. The summed E-state index contributed by atoms with van der Waals surface area (Å²) < 4.78 is 38.0.